The van der Waals surface area contributed by atoms with Gasteiger partial charge in [-0.1, -0.05) is 6.07 Å². The number of benzene rings is 1. The van der Waals surface area contributed by atoms with Gasteiger partial charge in [-0.05, 0) is 49.9 Å². The summed E-state index contributed by atoms with van der Waals surface area (Å²) in [4.78, 5) is 12.1. The molecule has 0 radical (unpaired) electrons. The molecular weight excluding hydrogens is 302 g/mol. The van der Waals surface area contributed by atoms with Crippen LogP contribution >= 0.6 is 0 Å². The van der Waals surface area contributed by atoms with Crippen molar-refractivity contribution in [2.75, 3.05) is 24.7 Å². The molecule has 122 valence electrons. The van der Waals surface area contributed by atoms with Crippen molar-refractivity contribution >= 4 is 21.7 Å². The first-order valence-electron chi connectivity index (χ1n) is 7.35. The summed E-state index contributed by atoms with van der Waals surface area (Å²) in [5.74, 6) is 0. The highest BCUT2D eigenvalue weighted by Crippen LogP contribution is 2.15. The van der Waals surface area contributed by atoms with Crippen molar-refractivity contribution in [3.05, 3.63) is 29.3 Å². The van der Waals surface area contributed by atoms with Crippen molar-refractivity contribution in [1.29, 1.82) is 0 Å². The molecule has 0 bridgehead atoms. The minimum Gasteiger partial charge on any atom is -0.334 e. The normalized spacial score (nSPS) is 19.7. The zero-order valence-corrected chi connectivity index (χ0v) is 14.0. The molecule has 0 aromatic heterocycles. The Hall–Kier alpha value is -1.60. The van der Waals surface area contributed by atoms with Gasteiger partial charge in [0.15, 0.2) is 0 Å². The van der Waals surface area contributed by atoms with Crippen LogP contribution in [-0.2, 0) is 10.0 Å². The highest BCUT2D eigenvalue weighted by Gasteiger charge is 2.26. The molecule has 1 atom stereocenters. The monoisotopic (exact) mass is 325 g/mol. The van der Waals surface area contributed by atoms with Crippen LogP contribution in [0.1, 0.15) is 24.0 Å². The van der Waals surface area contributed by atoms with Gasteiger partial charge in [0, 0.05) is 24.8 Å². The van der Waals surface area contributed by atoms with Crippen LogP contribution < -0.4 is 10.6 Å². The third-order valence-electron chi connectivity index (χ3n) is 3.67. The lowest BCUT2D eigenvalue weighted by molar-refractivity contribution is 0.236. The first kappa shape index (κ1) is 16.8. The van der Waals surface area contributed by atoms with Gasteiger partial charge in [0.1, 0.15) is 0 Å². The summed E-state index contributed by atoms with van der Waals surface area (Å²) in [6, 6.07) is 5.38. The van der Waals surface area contributed by atoms with Crippen LogP contribution in [0.4, 0.5) is 10.5 Å². The summed E-state index contributed by atoms with van der Waals surface area (Å²) in [7, 11) is -3.20. The molecule has 1 aliphatic rings. The minimum atomic E-state index is -3.20. The number of nitrogens with one attached hydrogen (secondary N) is 2. The lowest BCUT2D eigenvalue weighted by atomic mass is 10.1. The van der Waals surface area contributed by atoms with E-state index in [0.29, 0.717) is 13.1 Å². The molecule has 1 saturated heterocycles. The van der Waals surface area contributed by atoms with Crippen molar-refractivity contribution in [2.24, 2.45) is 0 Å². The minimum absolute atomic E-state index is 0.158. The van der Waals surface area contributed by atoms with Gasteiger partial charge < -0.3 is 10.6 Å². The number of hydrogen-bond acceptors (Lipinski definition) is 3. The molecule has 0 unspecified atom stereocenters. The largest absolute Gasteiger partial charge is 0.334 e. The number of hydrogen-bond donors (Lipinski definition) is 2. The number of nitrogens with zero attached hydrogens (tertiary/aromatic N) is 1. The third kappa shape index (κ3) is 4.71. The number of carbonyl (C=O) groups excluding carboxylic acids is 1. The second-order valence-electron chi connectivity index (χ2n) is 5.94. The smallest absolute Gasteiger partial charge is 0.319 e. The molecule has 1 aliphatic heterocycles. The maximum Gasteiger partial charge on any atom is 0.319 e. The van der Waals surface area contributed by atoms with Crippen LogP contribution in [0.15, 0.2) is 18.2 Å². The van der Waals surface area contributed by atoms with E-state index in [1.807, 2.05) is 32.0 Å². The number of carbonyl (C=O) groups is 1. The van der Waals surface area contributed by atoms with Crippen molar-refractivity contribution in [2.45, 2.75) is 32.7 Å². The number of urea groups is 1. The van der Waals surface area contributed by atoms with E-state index in [0.717, 1.165) is 29.7 Å². The zero-order chi connectivity index (χ0) is 16.3. The fraction of sp³-hybridized carbons (Fsp3) is 0.533. The van der Waals surface area contributed by atoms with Crippen LogP contribution in [-0.4, -0.2) is 44.1 Å². The van der Waals surface area contributed by atoms with Gasteiger partial charge in [0.25, 0.3) is 0 Å². The second-order valence-corrected chi connectivity index (χ2v) is 7.92. The number of amides is 2. The van der Waals surface area contributed by atoms with Crippen LogP contribution in [0.5, 0.6) is 0 Å². The summed E-state index contributed by atoms with van der Waals surface area (Å²) < 4.78 is 24.6. The maximum absolute atomic E-state index is 12.1. The first-order valence-corrected chi connectivity index (χ1v) is 9.20. The summed E-state index contributed by atoms with van der Waals surface area (Å²) in [5.41, 5.74) is 2.90. The van der Waals surface area contributed by atoms with Gasteiger partial charge in [0.2, 0.25) is 10.0 Å². The molecule has 2 rings (SSSR count). The van der Waals surface area contributed by atoms with E-state index in [9.17, 15) is 13.2 Å². The summed E-state index contributed by atoms with van der Waals surface area (Å²) in [6.45, 7) is 4.80. The molecular formula is C15H23N3O3S. The predicted octanol–water partition coefficient (Wildman–Crippen LogP) is 1.85. The molecule has 1 aromatic carbocycles. The third-order valence-corrected chi connectivity index (χ3v) is 4.94. The SMILES string of the molecule is Cc1cc(C)cc(NC(=O)N[C@@H]2CCCN(S(C)(=O)=O)C2)c1. The molecule has 6 nitrogen and oxygen atoms in total. The van der Waals surface area contributed by atoms with Gasteiger partial charge in [-0.25, -0.2) is 17.5 Å². The standard InChI is InChI=1S/C15H23N3O3S/c1-11-7-12(2)9-14(8-11)17-15(19)16-13-5-4-6-18(10-13)22(3,20)21/h7-9,13H,4-6,10H2,1-3H3,(H2,16,17,19)/t13-/m1/s1. The first-order chi connectivity index (χ1) is 10.2. The van der Waals surface area contributed by atoms with Gasteiger partial charge in [-0.2, -0.15) is 0 Å². The van der Waals surface area contributed by atoms with Gasteiger partial charge in [-0.3, -0.25) is 0 Å². The molecule has 0 saturated carbocycles. The molecule has 1 fully saturated rings. The zero-order valence-electron chi connectivity index (χ0n) is 13.2. The van der Waals surface area contributed by atoms with Gasteiger partial charge in [-0.15, -0.1) is 0 Å². The molecule has 1 aromatic rings. The average molecular weight is 325 g/mol. The van der Waals surface area contributed by atoms with E-state index in [4.69, 9.17) is 0 Å². The van der Waals surface area contributed by atoms with E-state index >= 15 is 0 Å². The highest BCUT2D eigenvalue weighted by atomic mass is 32.2. The average Bonchev–Trinajstić information content (AvgIpc) is 2.36. The maximum atomic E-state index is 12.1. The number of rotatable bonds is 3. The van der Waals surface area contributed by atoms with E-state index in [-0.39, 0.29) is 12.1 Å². The summed E-state index contributed by atoms with van der Waals surface area (Å²) in [6.07, 6.45) is 2.73. The van der Waals surface area contributed by atoms with Crippen LogP contribution in [0, 0.1) is 13.8 Å². The Morgan fingerprint density at radius 3 is 2.45 bits per heavy atom. The summed E-state index contributed by atoms with van der Waals surface area (Å²) in [5, 5.41) is 5.66. The topological polar surface area (TPSA) is 78.5 Å². The molecule has 1 heterocycles. The van der Waals surface area contributed by atoms with Gasteiger partial charge >= 0.3 is 6.03 Å². The quantitative estimate of drug-likeness (QED) is 0.890. The number of sulfonamides is 1. The van der Waals surface area contributed by atoms with E-state index in [2.05, 4.69) is 10.6 Å². The van der Waals surface area contributed by atoms with E-state index in [1.54, 1.807) is 0 Å². The fourth-order valence-corrected chi connectivity index (χ4v) is 3.67. The van der Waals surface area contributed by atoms with Crippen molar-refractivity contribution in [3.63, 3.8) is 0 Å². The van der Waals surface area contributed by atoms with E-state index < -0.39 is 10.0 Å². The van der Waals surface area contributed by atoms with Crippen LogP contribution in [0.2, 0.25) is 0 Å². The van der Waals surface area contributed by atoms with Crippen molar-refractivity contribution < 1.29 is 13.2 Å². The lowest BCUT2D eigenvalue weighted by Gasteiger charge is -2.31. The fourth-order valence-electron chi connectivity index (χ4n) is 2.76. The van der Waals surface area contributed by atoms with Crippen LogP contribution in [0.3, 0.4) is 0 Å². The molecule has 7 heteroatoms. The molecule has 22 heavy (non-hydrogen) atoms. The molecule has 0 spiro atoms. The Balaban J connectivity index is 1.94. The Morgan fingerprint density at radius 1 is 1.23 bits per heavy atom. The van der Waals surface area contributed by atoms with E-state index in [1.165, 1.54) is 10.6 Å². The lowest BCUT2D eigenvalue weighted by Crippen LogP contribution is -2.50. The second kappa shape index (κ2) is 6.66. The predicted molar refractivity (Wildman–Crippen MR) is 87.5 cm³/mol. The Bertz CT molecular complexity index is 638. The number of aryl methyl sites for hydroxylation is 2. The van der Waals surface area contributed by atoms with Crippen molar-refractivity contribution in [3.8, 4) is 0 Å². The molecule has 2 N–H and O–H groups in total. The summed E-state index contributed by atoms with van der Waals surface area (Å²) >= 11 is 0. The Labute approximate surface area is 131 Å². The van der Waals surface area contributed by atoms with Crippen LogP contribution in [0.25, 0.3) is 0 Å². The number of anilines is 1. The van der Waals surface area contributed by atoms with Crippen molar-refractivity contribution in [1.82, 2.24) is 9.62 Å². The Kier molecular flexibility index (Phi) is 5.08. The number of piperidine rings is 1. The molecule has 0 aliphatic carbocycles. The molecule has 2 amide bonds. The van der Waals surface area contributed by atoms with Gasteiger partial charge in [0.05, 0.1) is 6.26 Å². The Morgan fingerprint density at radius 2 is 1.86 bits per heavy atom. The highest BCUT2D eigenvalue weighted by molar-refractivity contribution is 7.88.